The normalized spacial score (nSPS) is 18.0. The number of benzene rings is 1. The third kappa shape index (κ3) is 3.99. The first-order valence-corrected chi connectivity index (χ1v) is 8.11. The van der Waals surface area contributed by atoms with Gasteiger partial charge in [0.15, 0.2) is 17.3 Å². The Labute approximate surface area is 127 Å². The molecular formula is C18H26O3. The molecule has 1 aliphatic carbocycles. The van der Waals surface area contributed by atoms with Gasteiger partial charge in [0, 0.05) is 12.0 Å². The second-order valence-electron chi connectivity index (χ2n) is 5.92. The molecule has 1 atom stereocenters. The van der Waals surface area contributed by atoms with E-state index in [1.165, 1.54) is 0 Å². The van der Waals surface area contributed by atoms with Crippen LogP contribution in [0.2, 0.25) is 0 Å². The zero-order chi connectivity index (χ0) is 15.2. The monoisotopic (exact) mass is 290 g/mol. The molecule has 0 heterocycles. The van der Waals surface area contributed by atoms with Crippen LogP contribution in [0.4, 0.5) is 0 Å². The highest BCUT2D eigenvalue weighted by Crippen LogP contribution is 2.35. The van der Waals surface area contributed by atoms with Gasteiger partial charge >= 0.3 is 0 Å². The van der Waals surface area contributed by atoms with Crippen molar-refractivity contribution in [3.8, 4) is 11.5 Å². The van der Waals surface area contributed by atoms with Crippen molar-refractivity contribution in [1.82, 2.24) is 0 Å². The number of ether oxygens (including phenoxy) is 2. The first-order chi connectivity index (χ1) is 10.2. The third-order valence-corrected chi connectivity index (χ3v) is 3.83. The zero-order valence-electron chi connectivity index (χ0n) is 13.4. The summed E-state index contributed by atoms with van der Waals surface area (Å²) in [5.41, 5.74) is 1.94. The number of fused-ring (bicyclic) bond motifs is 1. The van der Waals surface area contributed by atoms with Crippen LogP contribution < -0.4 is 9.47 Å². The van der Waals surface area contributed by atoms with Crippen LogP contribution in [0.1, 0.15) is 62.4 Å². The Hall–Kier alpha value is -1.51. The summed E-state index contributed by atoms with van der Waals surface area (Å²) in [6, 6.07) is 3.92. The third-order valence-electron chi connectivity index (χ3n) is 3.83. The van der Waals surface area contributed by atoms with Crippen molar-refractivity contribution >= 4 is 5.78 Å². The minimum atomic E-state index is 0.235. The number of hydrogen-bond acceptors (Lipinski definition) is 3. The van der Waals surface area contributed by atoms with E-state index in [0.29, 0.717) is 31.3 Å². The first kappa shape index (κ1) is 15.9. The molecule has 3 nitrogen and oxygen atoms in total. The largest absolute Gasteiger partial charge is 0.490 e. The van der Waals surface area contributed by atoms with Crippen LogP contribution in [0.5, 0.6) is 11.5 Å². The Bertz CT molecular complexity index is 493. The number of Topliss-reactive ketones (excluding diaryl/α,β-unsaturated/α-hetero) is 1. The summed E-state index contributed by atoms with van der Waals surface area (Å²) in [6.45, 7) is 7.62. The number of carbonyl (C=O) groups is 1. The van der Waals surface area contributed by atoms with Crippen molar-refractivity contribution in [3.63, 3.8) is 0 Å². The van der Waals surface area contributed by atoms with E-state index in [-0.39, 0.29) is 5.78 Å². The van der Waals surface area contributed by atoms with Gasteiger partial charge in [0.25, 0.3) is 0 Å². The minimum Gasteiger partial charge on any atom is -0.490 e. The van der Waals surface area contributed by atoms with Gasteiger partial charge in [-0.15, -0.1) is 0 Å². The number of carbonyl (C=O) groups excluding carboxylic acids is 1. The van der Waals surface area contributed by atoms with Crippen LogP contribution in [0.25, 0.3) is 0 Å². The molecule has 0 radical (unpaired) electrons. The zero-order valence-corrected chi connectivity index (χ0v) is 13.4. The van der Waals surface area contributed by atoms with Crippen molar-refractivity contribution in [3.05, 3.63) is 23.3 Å². The number of hydrogen-bond donors (Lipinski definition) is 0. The maximum atomic E-state index is 12.4. The molecule has 0 fully saturated rings. The molecule has 0 aromatic heterocycles. The Morgan fingerprint density at radius 3 is 2.33 bits per heavy atom. The summed E-state index contributed by atoms with van der Waals surface area (Å²) in [7, 11) is 0. The lowest BCUT2D eigenvalue weighted by atomic mass is 10.0. The molecule has 1 aliphatic rings. The number of aryl methyl sites for hydroxylation is 1. The molecule has 1 unspecified atom stereocenters. The first-order valence-electron chi connectivity index (χ1n) is 8.11. The molecule has 0 spiro atoms. The van der Waals surface area contributed by atoms with Gasteiger partial charge in [0.05, 0.1) is 13.2 Å². The summed E-state index contributed by atoms with van der Waals surface area (Å²) >= 11 is 0. The highest BCUT2D eigenvalue weighted by molar-refractivity contribution is 5.98. The molecule has 1 aromatic carbocycles. The SMILES string of the molecule is CCCOc1cc2c(cc1OCCC)C(=O)CC(C)CC2. The molecule has 0 aliphatic heterocycles. The maximum Gasteiger partial charge on any atom is 0.163 e. The molecule has 1 aromatic rings. The van der Waals surface area contributed by atoms with Gasteiger partial charge in [-0.1, -0.05) is 20.8 Å². The van der Waals surface area contributed by atoms with E-state index in [4.69, 9.17) is 9.47 Å². The molecule has 0 saturated carbocycles. The summed E-state index contributed by atoms with van der Waals surface area (Å²) < 4.78 is 11.6. The average Bonchev–Trinajstić information content (AvgIpc) is 2.61. The van der Waals surface area contributed by atoms with Crippen LogP contribution in [-0.2, 0) is 6.42 Å². The molecule has 0 bridgehead atoms. The van der Waals surface area contributed by atoms with Crippen LogP contribution >= 0.6 is 0 Å². The second kappa shape index (κ2) is 7.48. The Balaban J connectivity index is 2.34. The van der Waals surface area contributed by atoms with Crippen molar-refractivity contribution in [2.24, 2.45) is 5.92 Å². The van der Waals surface area contributed by atoms with E-state index in [2.05, 4.69) is 20.8 Å². The van der Waals surface area contributed by atoms with Gasteiger partial charge in [-0.2, -0.15) is 0 Å². The quantitative estimate of drug-likeness (QED) is 0.728. The van der Waals surface area contributed by atoms with Gasteiger partial charge in [-0.05, 0) is 49.3 Å². The molecule has 116 valence electrons. The van der Waals surface area contributed by atoms with Gasteiger partial charge in [0.1, 0.15) is 0 Å². The lowest BCUT2D eigenvalue weighted by Crippen LogP contribution is -2.07. The molecular weight excluding hydrogens is 264 g/mol. The Kier molecular flexibility index (Phi) is 5.66. The summed E-state index contributed by atoms with van der Waals surface area (Å²) in [6.07, 6.45) is 4.53. The molecule has 21 heavy (non-hydrogen) atoms. The summed E-state index contributed by atoms with van der Waals surface area (Å²) in [5.74, 6) is 2.18. The summed E-state index contributed by atoms with van der Waals surface area (Å²) in [4.78, 5) is 12.4. The van der Waals surface area contributed by atoms with E-state index in [0.717, 1.165) is 42.6 Å². The van der Waals surface area contributed by atoms with Crippen molar-refractivity contribution in [2.45, 2.75) is 52.9 Å². The molecule has 3 heteroatoms. The Morgan fingerprint density at radius 2 is 1.71 bits per heavy atom. The lowest BCUT2D eigenvalue weighted by molar-refractivity contribution is 0.0966. The Morgan fingerprint density at radius 1 is 1.10 bits per heavy atom. The van der Waals surface area contributed by atoms with Gasteiger partial charge in [-0.25, -0.2) is 0 Å². The minimum absolute atomic E-state index is 0.235. The van der Waals surface area contributed by atoms with E-state index < -0.39 is 0 Å². The molecule has 0 saturated heterocycles. The van der Waals surface area contributed by atoms with Crippen LogP contribution in [0, 0.1) is 5.92 Å². The van der Waals surface area contributed by atoms with Crippen LogP contribution in [-0.4, -0.2) is 19.0 Å². The predicted octanol–water partition coefficient (Wildman–Crippen LogP) is 4.42. The van der Waals surface area contributed by atoms with E-state index in [9.17, 15) is 4.79 Å². The van der Waals surface area contributed by atoms with Gasteiger partial charge in [-0.3, -0.25) is 4.79 Å². The number of ketones is 1. The van der Waals surface area contributed by atoms with E-state index in [1.54, 1.807) is 0 Å². The fraction of sp³-hybridized carbons (Fsp3) is 0.611. The smallest absolute Gasteiger partial charge is 0.163 e. The average molecular weight is 290 g/mol. The number of rotatable bonds is 6. The van der Waals surface area contributed by atoms with Crippen LogP contribution in [0.15, 0.2) is 12.1 Å². The lowest BCUT2D eigenvalue weighted by Gasteiger charge is -2.15. The maximum absolute atomic E-state index is 12.4. The second-order valence-corrected chi connectivity index (χ2v) is 5.92. The van der Waals surface area contributed by atoms with Gasteiger partial charge < -0.3 is 9.47 Å². The van der Waals surface area contributed by atoms with Crippen LogP contribution in [0.3, 0.4) is 0 Å². The van der Waals surface area contributed by atoms with E-state index >= 15 is 0 Å². The topological polar surface area (TPSA) is 35.5 Å². The standard InChI is InChI=1S/C18H26O3/c1-4-8-20-17-11-14-7-6-13(3)10-16(19)15(14)12-18(17)21-9-5-2/h11-13H,4-10H2,1-3H3. The fourth-order valence-electron chi connectivity index (χ4n) is 2.65. The van der Waals surface area contributed by atoms with Crippen molar-refractivity contribution < 1.29 is 14.3 Å². The predicted molar refractivity (Wildman–Crippen MR) is 84.4 cm³/mol. The fourth-order valence-corrected chi connectivity index (χ4v) is 2.65. The van der Waals surface area contributed by atoms with Gasteiger partial charge in [0.2, 0.25) is 0 Å². The van der Waals surface area contributed by atoms with E-state index in [1.807, 2.05) is 12.1 Å². The molecule has 0 amide bonds. The highest BCUT2D eigenvalue weighted by Gasteiger charge is 2.22. The molecule has 2 rings (SSSR count). The van der Waals surface area contributed by atoms with Crippen molar-refractivity contribution in [2.75, 3.05) is 13.2 Å². The molecule has 0 N–H and O–H groups in total. The van der Waals surface area contributed by atoms with Crippen molar-refractivity contribution in [1.29, 1.82) is 0 Å². The summed E-state index contributed by atoms with van der Waals surface area (Å²) in [5, 5.41) is 0. The highest BCUT2D eigenvalue weighted by atomic mass is 16.5.